The normalized spacial score (nSPS) is 18.7. The molecule has 0 fully saturated rings. The maximum Gasteiger partial charge on any atom is 0.436 e. The van der Waals surface area contributed by atoms with Crippen LogP contribution in [0.3, 0.4) is 0 Å². The van der Waals surface area contributed by atoms with E-state index >= 15 is 0 Å². The molecule has 0 spiro atoms. The molecule has 0 aliphatic carbocycles. The molecule has 0 saturated heterocycles. The predicted octanol–water partition coefficient (Wildman–Crippen LogP) is 18.1. The smallest absolute Gasteiger partial charge is 0.245 e. The maximum atomic E-state index is 14.3. The molecule has 0 aromatic rings. The zero-order chi connectivity index (χ0) is 67.7. The van der Waals surface area contributed by atoms with E-state index in [4.69, 9.17) is 0 Å². The minimum Gasteiger partial charge on any atom is -0.245 e. The molecule has 0 amide bonds. The second-order valence-corrected chi connectivity index (χ2v) is 17.0. The third kappa shape index (κ3) is 9.11. The van der Waals surface area contributed by atoms with E-state index in [1.165, 1.54) is 0 Å². The average Bonchev–Trinajstić information content (AvgIpc) is 3.19. The van der Waals surface area contributed by atoms with E-state index in [1.54, 1.807) is 0 Å². The minimum atomic E-state index is -10.6. The number of halogens is 54. The molecule has 0 rings (SSSR count). The molecule has 1 nitrogen and oxygen atoms in total. The quantitative estimate of drug-likeness (QED) is 0.0775. The lowest BCUT2D eigenvalue weighted by Crippen LogP contribution is -2.80. The van der Waals surface area contributed by atoms with Gasteiger partial charge in [-0.05, 0) is 31.9 Å². The molecule has 0 aliphatic rings. The van der Waals surface area contributed by atoms with E-state index in [-0.39, 0.29) is 4.74 Å². The van der Waals surface area contributed by atoms with Crippen molar-refractivity contribution < 1.29 is 233 Å². The molecule has 0 aromatic carbocycles. The van der Waals surface area contributed by atoms with Gasteiger partial charge in [0.15, 0.2) is 0 Å². The number of rotatable bonds is 22. The summed E-state index contributed by atoms with van der Waals surface area (Å²) in [6.07, 6.45) is -55.4. The number of ether oxygens (including phenoxy) is 1. The molecular weight excluding hydrogens is 1480 g/mol. The average molecular weight is 1480 g/mol. The Hall–Kier alpha value is -2.72. The maximum absolute atomic E-state index is 14.3. The second-order valence-electron chi connectivity index (χ2n) is 14.8. The zero-order valence-electron chi connectivity index (χ0n) is 33.8. The Balaban J connectivity index is 8.08. The molecule has 2 unspecified atom stereocenters. The summed E-state index contributed by atoms with van der Waals surface area (Å²) in [5.74, 6) is -166. The second kappa shape index (κ2) is 18.9. The van der Waals surface area contributed by atoms with Crippen molar-refractivity contribution in [1.82, 2.24) is 0 Å². The summed E-state index contributed by atoms with van der Waals surface area (Å²) >= 11 is -1.39. The highest BCUT2D eigenvalue weighted by Crippen LogP contribution is 2.73. The molecule has 2 atom stereocenters. The van der Waals surface area contributed by atoms with Gasteiger partial charge in [-0.15, -0.1) is 0 Å². The molecule has 55 heteroatoms. The molecule has 0 radical (unpaired) electrons. The van der Waals surface area contributed by atoms with Gasteiger partial charge in [0, 0.05) is 0 Å². The van der Waals surface area contributed by atoms with E-state index < -0.39 is 184 Å². The lowest BCUT2D eigenvalue weighted by Gasteiger charge is -2.47. The zero-order valence-corrected chi connectivity index (χ0v) is 37.0. The highest BCUT2D eigenvalue weighted by molar-refractivity contribution is 9.10. The van der Waals surface area contributed by atoms with Crippen LogP contribution >= 0.6 is 31.9 Å². The summed E-state index contributed by atoms with van der Waals surface area (Å²) in [6, 6.07) is 0. The van der Waals surface area contributed by atoms with E-state index in [9.17, 15) is 228 Å². The molecule has 0 heterocycles. The van der Waals surface area contributed by atoms with Crippen LogP contribution in [0.1, 0.15) is 0 Å². The Morgan fingerprint density at radius 1 is 0.148 bits per heavy atom. The molecule has 81 heavy (non-hydrogen) atoms. The van der Waals surface area contributed by atoms with E-state index in [0.29, 0.717) is 0 Å². The monoisotopic (exact) mass is 1470 g/mol. The van der Waals surface area contributed by atoms with Crippen molar-refractivity contribution in [3.63, 3.8) is 0 Å². The van der Waals surface area contributed by atoms with Crippen LogP contribution < -0.4 is 0 Å². The topological polar surface area (TPSA) is 9.23 Å². The molecule has 0 N–H and O–H groups in total. The van der Waals surface area contributed by atoms with Gasteiger partial charge in [0.25, 0.3) is 9.16 Å². The summed E-state index contributed by atoms with van der Waals surface area (Å²) in [4.78, 5) is 0. The Morgan fingerprint density at radius 2 is 0.247 bits per heavy atom. The number of hydrogen-bond acceptors (Lipinski definition) is 1. The van der Waals surface area contributed by atoms with E-state index in [1.807, 2.05) is 0 Å². The Morgan fingerprint density at radius 3 is 0.358 bits per heavy atom. The number of alkyl halides is 54. The lowest BCUT2D eigenvalue weighted by molar-refractivity contribution is -0.530. The van der Waals surface area contributed by atoms with Crippen molar-refractivity contribution >= 4 is 31.9 Å². The molecule has 0 aromatic heterocycles. The van der Waals surface area contributed by atoms with Gasteiger partial charge in [0.1, 0.15) is 0 Å². The van der Waals surface area contributed by atoms with Gasteiger partial charge in [-0.2, -0.15) is 211 Å². The highest BCUT2D eigenvalue weighted by atomic mass is 79.9. The van der Waals surface area contributed by atoms with Crippen LogP contribution in [-0.2, 0) is 4.74 Å². The minimum absolute atomic E-state index is 0.170. The third-order valence-corrected chi connectivity index (χ3v) is 11.8. The van der Waals surface area contributed by atoms with Crippen molar-refractivity contribution in [2.75, 3.05) is 0 Å². The fourth-order valence-electron chi connectivity index (χ4n) is 4.88. The van der Waals surface area contributed by atoms with Crippen molar-refractivity contribution in [3.05, 3.63) is 0 Å². The van der Waals surface area contributed by atoms with Crippen LogP contribution in [0, 0.1) is 0 Å². The van der Waals surface area contributed by atoms with Crippen LogP contribution in [0.5, 0.6) is 0 Å². The summed E-state index contributed by atoms with van der Waals surface area (Å²) in [5, 5.41) is 0. The van der Waals surface area contributed by atoms with Gasteiger partial charge in [0.05, 0.1) is 0 Å². The standard InChI is InChI=1S/C26Br2F52O/c27-3(31,1(29,21(65,66)67)22(68,69)70)5(33,34)7(37,38)9(41,42)11(45,46)13(49,50)15(53,54)17(57,58)19(61,62)25(77,78)81-26(79,80)20(63,64)18(59,60)16(55,56)14(51,52)12(47,48)10(43,44)8(39,40)6(35,36)4(28,32)2(30,23(71,72)73)24(74,75)76. The van der Waals surface area contributed by atoms with Crippen LogP contribution in [-0.4, -0.2) is 152 Å². The van der Waals surface area contributed by atoms with Gasteiger partial charge in [-0.1, -0.05) is 0 Å². The molecule has 488 valence electrons. The van der Waals surface area contributed by atoms with Gasteiger partial charge in [0.2, 0.25) is 0 Å². The van der Waals surface area contributed by atoms with Crippen molar-refractivity contribution in [1.29, 1.82) is 0 Å². The SMILES string of the molecule is FC(F)(F)C(F)(C(F)(F)F)C(F)(Br)C(F)(F)C(F)(F)C(F)(F)C(F)(F)C(F)(F)C(F)(F)C(F)(F)C(F)(F)C(F)(F)OC(F)(F)C(F)(F)C(F)(F)C(F)(F)C(F)(F)C(F)(F)C(F)(F)C(F)(F)C(F)(F)C(F)(Br)C(F)(C(F)(F)F)C(F)(F)F. The Kier molecular flexibility index (Phi) is 18.3. The number of hydrogen-bond donors (Lipinski definition) is 0. The fourth-order valence-corrected chi connectivity index (χ4v) is 6.28. The summed E-state index contributed by atoms with van der Waals surface area (Å²) in [5.41, 5.74) is -18.2. The van der Waals surface area contributed by atoms with Crippen LogP contribution in [0.15, 0.2) is 0 Å². The van der Waals surface area contributed by atoms with Gasteiger partial charge < -0.3 is 0 Å². The first-order valence-electron chi connectivity index (χ1n) is 16.6. The Labute approximate surface area is 417 Å². The van der Waals surface area contributed by atoms with Crippen molar-refractivity contribution in [3.8, 4) is 0 Å². The molecule has 0 bridgehead atoms. The van der Waals surface area contributed by atoms with Crippen LogP contribution in [0.25, 0.3) is 0 Å². The molecule has 0 aliphatic heterocycles. The first-order valence-corrected chi connectivity index (χ1v) is 18.2. The van der Waals surface area contributed by atoms with Gasteiger partial charge in [-0.25, -0.2) is 22.3 Å². The lowest BCUT2D eigenvalue weighted by atomic mass is 9.83. The van der Waals surface area contributed by atoms with Gasteiger partial charge >= 0.3 is 143 Å². The highest BCUT2D eigenvalue weighted by Gasteiger charge is 3.03. The largest absolute Gasteiger partial charge is 0.436 e. The first kappa shape index (κ1) is 78.3. The fraction of sp³-hybridized carbons (Fsp3) is 1.00. The van der Waals surface area contributed by atoms with Crippen molar-refractivity contribution in [2.45, 2.75) is 152 Å². The summed E-state index contributed by atoms with van der Waals surface area (Å²) < 4.78 is 699. The van der Waals surface area contributed by atoms with E-state index in [2.05, 4.69) is 0 Å². The first-order chi connectivity index (χ1) is 33.7. The molecule has 0 saturated carbocycles. The predicted molar refractivity (Wildman–Crippen MR) is 148 cm³/mol. The summed E-state index contributed by atoms with van der Waals surface area (Å²) in [6.45, 7) is 0. The van der Waals surface area contributed by atoms with Crippen LogP contribution in [0.2, 0.25) is 0 Å². The van der Waals surface area contributed by atoms with Crippen molar-refractivity contribution in [2.24, 2.45) is 0 Å². The van der Waals surface area contributed by atoms with Gasteiger partial charge in [-0.3, -0.25) is 0 Å². The van der Waals surface area contributed by atoms with Crippen LogP contribution in [0.4, 0.5) is 228 Å². The molecular formula is C26Br2F52O. The third-order valence-electron chi connectivity index (χ3n) is 9.72. The Bertz CT molecular complexity index is 2080. The summed E-state index contributed by atoms with van der Waals surface area (Å²) in [7, 11) is 0. The van der Waals surface area contributed by atoms with E-state index in [0.717, 1.165) is 0 Å².